The number of imidazole rings is 1. The lowest BCUT2D eigenvalue weighted by atomic mass is 10.1. The predicted molar refractivity (Wildman–Crippen MR) is 139 cm³/mol. The second-order valence-corrected chi connectivity index (χ2v) is 10.3. The van der Waals surface area contributed by atoms with Gasteiger partial charge in [0.15, 0.2) is 17.2 Å². The van der Waals surface area contributed by atoms with Gasteiger partial charge in [-0.2, -0.15) is 20.0 Å². The van der Waals surface area contributed by atoms with Crippen molar-refractivity contribution in [3.05, 3.63) is 34.6 Å². The lowest BCUT2D eigenvalue weighted by Gasteiger charge is -2.41. The average molecular weight is 519 g/mol. The number of nitrogens with one attached hydrogen (secondary N) is 2. The lowest BCUT2D eigenvalue weighted by molar-refractivity contribution is -0.124. The van der Waals surface area contributed by atoms with Gasteiger partial charge >= 0.3 is 0 Å². The quantitative estimate of drug-likeness (QED) is 0.481. The molecule has 2 aromatic heterocycles. The van der Waals surface area contributed by atoms with E-state index in [1.165, 1.54) is 10.7 Å². The smallest absolute Gasteiger partial charge is 0.247 e. The maximum atomic E-state index is 9.72. The first-order valence-corrected chi connectivity index (χ1v) is 12.9. The number of nitriles is 2. The third-order valence-corrected chi connectivity index (χ3v) is 7.42. The van der Waals surface area contributed by atoms with Crippen molar-refractivity contribution in [1.82, 2.24) is 24.5 Å². The molecule has 2 atom stereocenters. The number of hydrogen-bond acceptors (Lipinski definition) is 10. The standard InChI is InChI=1S/C25H27ClN10O/c1-15-8-19(37-15)14-34-4-6-35(7-5-34)21-10-16(11-27)9-20(22(21)26)31-25-32-23(30-17-2-3-17)24-29-13-18(12-28)36(24)33-25/h9-10,13,15,17,19H,2-8,14H2,1H3,(H2,30,31,32,33)/t15-,19?/m1/s1. The zero-order valence-electron chi connectivity index (χ0n) is 20.5. The van der Waals surface area contributed by atoms with Crippen LogP contribution in [0.5, 0.6) is 0 Å². The Balaban J connectivity index is 1.25. The Labute approximate surface area is 219 Å². The Kier molecular flexibility index (Phi) is 6.21. The molecule has 12 heteroatoms. The number of piperazine rings is 1. The Hall–Kier alpha value is -3.64. The Morgan fingerprint density at radius 2 is 1.95 bits per heavy atom. The molecule has 11 nitrogen and oxygen atoms in total. The third kappa shape index (κ3) is 4.86. The minimum Gasteiger partial charge on any atom is -0.374 e. The van der Waals surface area contributed by atoms with E-state index in [2.05, 4.69) is 54.6 Å². The highest BCUT2D eigenvalue weighted by molar-refractivity contribution is 6.36. The third-order valence-electron chi connectivity index (χ3n) is 7.02. The van der Waals surface area contributed by atoms with Gasteiger partial charge in [-0.3, -0.25) is 4.90 Å². The van der Waals surface area contributed by atoms with Gasteiger partial charge in [-0.25, -0.2) is 4.98 Å². The van der Waals surface area contributed by atoms with E-state index in [1.807, 2.05) is 6.07 Å². The molecule has 4 heterocycles. The average Bonchev–Trinajstić information content (AvgIpc) is 3.60. The van der Waals surface area contributed by atoms with E-state index in [4.69, 9.17) is 16.3 Å². The van der Waals surface area contributed by atoms with Crippen molar-refractivity contribution in [2.24, 2.45) is 0 Å². The molecule has 0 radical (unpaired) electrons. The van der Waals surface area contributed by atoms with Gasteiger partial charge in [-0.15, -0.1) is 5.10 Å². The highest BCUT2D eigenvalue weighted by atomic mass is 35.5. The van der Waals surface area contributed by atoms with Crippen LogP contribution < -0.4 is 15.5 Å². The first-order valence-electron chi connectivity index (χ1n) is 12.6. The second kappa shape index (κ2) is 9.67. The number of rotatable bonds is 7. The fraction of sp³-hybridized carbons (Fsp3) is 0.480. The van der Waals surface area contributed by atoms with Gasteiger partial charge in [0.1, 0.15) is 6.07 Å². The molecule has 2 aliphatic heterocycles. The number of aromatic nitrogens is 4. The molecule has 1 saturated carbocycles. The van der Waals surface area contributed by atoms with Gasteiger partial charge < -0.3 is 20.3 Å². The maximum Gasteiger partial charge on any atom is 0.247 e. The van der Waals surface area contributed by atoms with E-state index in [9.17, 15) is 10.5 Å². The summed E-state index contributed by atoms with van der Waals surface area (Å²) >= 11 is 6.89. The summed E-state index contributed by atoms with van der Waals surface area (Å²) in [5.74, 6) is 0.808. The van der Waals surface area contributed by atoms with Gasteiger partial charge in [0, 0.05) is 45.2 Å². The summed E-state index contributed by atoms with van der Waals surface area (Å²) < 4.78 is 7.25. The van der Waals surface area contributed by atoms with Crippen LogP contribution in [0, 0.1) is 22.7 Å². The summed E-state index contributed by atoms with van der Waals surface area (Å²) in [4.78, 5) is 13.6. The molecule has 2 N–H and O–H groups in total. The minimum absolute atomic E-state index is 0.257. The van der Waals surface area contributed by atoms with Crippen LogP contribution in [0.3, 0.4) is 0 Å². The number of fused-ring (bicyclic) bond motifs is 1. The molecule has 0 amide bonds. The van der Waals surface area contributed by atoms with Gasteiger partial charge in [0.05, 0.1) is 46.4 Å². The fourth-order valence-electron chi connectivity index (χ4n) is 4.91. The molecule has 3 fully saturated rings. The molecule has 6 rings (SSSR count). The van der Waals surface area contributed by atoms with E-state index in [0.29, 0.717) is 51.7 Å². The monoisotopic (exact) mass is 518 g/mol. The highest BCUT2D eigenvalue weighted by Crippen LogP contribution is 2.37. The molecule has 2 saturated heterocycles. The second-order valence-electron chi connectivity index (χ2n) is 9.88. The van der Waals surface area contributed by atoms with E-state index >= 15 is 0 Å². The molecule has 0 bridgehead atoms. The topological polar surface area (TPSA) is 130 Å². The SMILES string of the molecule is C[C@@H]1CC(CN2CCN(c3cc(C#N)cc(Nc4nc(NC5CC5)c5ncc(C#N)n5n4)c3Cl)CC2)O1. The molecule has 37 heavy (non-hydrogen) atoms. The van der Waals surface area contributed by atoms with Crippen LogP contribution in [0.4, 0.5) is 23.1 Å². The normalized spacial score (nSPS) is 21.8. The summed E-state index contributed by atoms with van der Waals surface area (Å²) in [7, 11) is 0. The maximum absolute atomic E-state index is 9.72. The predicted octanol–water partition coefficient (Wildman–Crippen LogP) is 3.14. The van der Waals surface area contributed by atoms with Gasteiger partial charge in [-0.1, -0.05) is 11.6 Å². The number of anilines is 4. The molecule has 3 aliphatic rings. The van der Waals surface area contributed by atoms with E-state index in [-0.39, 0.29) is 5.95 Å². The lowest BCUT2D eigenvalue weighted by Crippen LogP contribution is -2.51. The van der Waals surface area contributed by atoms with Crippen molar-refractivity contribution in [3.8, 4) is 12.1 Å². The number of ether oxygens (including phenoxy) is 1. The van der Waals surface area contributed by atoms with Crippen LogP contribution in [0.1, 0.15) is 37.4 Å². The van der Waals surface area contributed by atoms with Crippen molar-refractivity contribution >= 4 is 40.4 Å². The summed E-state index contributed by atoms with van der Waals surface area (Å²) in [5, 5.41) is 30.7. The van der Waals surface area contributed by atoms with Crippen LogP contribution in [0.2, 0.25) is 5.02 Å². The summed E-state index contributed by atoms with van der Waals surface area (Å²) in [6.07, 6.45) is 5.41. The summed E-state index contributed by atoms with van der Waals surface area (Å²) in [5.41, 5.74) is 2.61. The molecule has 0 spiro atoms. The molecule has 3 aromatic rings. The van der Waals surface area contributed by atoms with Crippen LogP contribution in [0.25, 0.3) is 5.65 Å². The zero-order chi connectivity index (χ0) is 25.5. The number of halogens is 1. The molecular formula is C25H27ClN10O. The van der Waals surface area contributed by atoms with Gasteiger partial charge in [0.25, 0.3) is 0 Å². The van der Waals surface area contributed by atoms with E-state index in [1.54, 1.807) is 6.07 Å². The summed E-state index contributed by atoms with van der Waals surface area (Å²) in [6.45, 7) is 6.46. The van der Waals surface area contributed by atoms with Crippen LogP contribution in [-0.4, -0.2) is 75.5 Å². The van der Waals surface area contributed by atoms with Crippen LogP contribution >= 0.6 is 11.6 Å². The Morgan fingerprint density at radius 3 is 2.62 bits per heavy atom. The van der Waals surface area contributed by atoms with Crippen molar-refractivity contribution in [1.29, 1.82) is 10.5 Å². The van der Waals surface area contributed by atoms with E-state index < -0.39 is 0 Å². The van der Waals surface area contributed by atoms with Crippen molar-refractivity contribution in [2.75, 3.05) is 48.3 Å². The van der Waals surface area contributed by atoms with Crippen molar-refractivity contribution in [2.45, 2.75) is 44.4 Å². The van der Waals surface area contributed by atoms with Crippen molar-refractivity contribution in [3.63, 3.8) is 0 Å². The molecule has 1 unspecified atom stereocenters. The van der Waals surface area contributed by atoms with E-state index in [0.717, 1.165) is 57.7 Å². The van der Waals surface area contributed by atoms with Gasteiger partial charge in [-0.05, 0) is 31.9 Å². The zero-order valence-corrected chi connectivity index (χ0v) is 21.2. The number of benzene rings is 1. The minimum atomic E-state index is 0.257. The largest absolute Gasteiger partial charge is 0.374 e. The summed E-state index contributed by atoms with van der Waals surface area (Å²) in [6, 6.07) is 8.21. The molecular weight excluding hydrogens is 492 g/mol. The van der Waals surface area contributed by atoms with Crippen LogP contribution in [-0.2, 0) is 4.74 Å². The first-order chi connectivity index (χ1) is 18.0. The van der Waals surface area contributed by atoms with Gasteiger partial charge in [0.2, 0.25) is 5.95 Å². The van der Waals surface area contributed by atoms with Crippen LogP contribution in [0.15, 0.2) is 18.3 Å². The Morgan fingerprint density at radius 1 is 1.16 bits per heavy atom. The fourth-order valence-corrected chi connectivity index (χ4v) is 5.18. The molecule has 1 aromatic carbocycles. The van der Waals surface area contributed by atoms with Crippen molar-refractivity contribution < 1.29 is 4.74 Å². The molecule has 1 aliphatic carbocycles. The number of hydrogen-bond donors (Lipinski definition) is 2. The Bertz CT molecular complexity index is 1410. The molecule has 190 valence electrons. The highest BCUT2D eigenvalue weighted by Gasteiger charge is 2.30. The number of nitrogens with zero attached hydrogens (tertiary/aromatic N) is 8. The first kappa shape index (κ1) is 23.7.